The van der Waals surface area contributed by atoms with Crippen molar-refractivity contribution in [3.63, 3.8) is 0 Å². The highest BCUT2D eigenvalue weighted by molar-refractivity contribution is 5.84. The molecule has 1 N–H and O–H groups in total. The van der Waals surface area contributed by atoms with Gasteiger partial charge in [-0.2, -0.15) is 13.2 Å². The third-order valence-electron chi connectivity index (χ3n) is 3.92. The lowest BCUT2D eigenvalue weighted by Gasteiger charge is -2.33. The molecule has 9 heteroatoms. The highest BCUT2D eigenvalue weighted by Gasteiger charge is 2.32. The Labute approximate surface area is 142 Å². The van der Waals surface area contributed by atoms with Crippen LogP contribution in [0.3, 0.4) is 0 Å². The lowest BCUT2D eigenvalue weighted by molar-refractivity contribution is -0.141. The van der Waals surface area contributed by atoms with Crippen LogP contribution in [0.25, 0.3) is 11.3 Å². The smallest absolute Gasteiger partial charge is 0.359 e. The van der Waals surface area contributed by atoms with Crippen molar-refractivity contribution in [2.45, 2.75) is 25.6 Å². The number of carbonyl (C=O) groups is 1. The molecule has 0 unspecified atom stereocenters. The molecule has 1 atom stereocenters. The first kappa shape index (κ1) is 17.1. The number of alkyl halides is 3. The van der Waals surface area contributed by atoms with Crippen LogP contribution in [-0.2, 0) is 11.0 Å². The van der Waals surface area contributed by atoms with Crippen LogP contribution in [0.2, 0.25) is 0 Å². The number of amides is 1. The Morgan fingerprint density at radius 2 is 2.00 bits per heavy atom. The monoisotopic (exact) mass is 351 g/mol. The molecule has 0 spiro atoms. The van der Waals surface area contributed by atoms with Crippen molar-refractivity contribution in [3.8, 4) is 11.3 Å². The highest BCUT2D eigenvalue weighted by Crippen LogP contribution is 2.28. The van der Waals surface area contributed by atoms with Crippen molar-refractivity contribution >= 4 is 11.7 Å². The number of likely N-dealkylation sites (tertiary alicyclic amines) is 1. The van der Waals surface area contributed by atoms with Gasteiger partial charge in [0.05, 0.1) is 5.69 Å². The van der Waals surface area contributed by atoms with Gasteiger partial charge in [0.15, 0.2) is 0 Å². The third-order valence-corrected chi connectivity index (χ3v) is 3.92. The van der Waals surface area contributed by atoms with Gasteiger partial charge in [-0.15, -0.1) is 0 Å². The van der Waals surface area contributed by atoms with E-state index in [-0.39, 0.29) is 5.91 Å². The normalized spacial score (nSPS) is 15.4. The molecule has 0 aromatic carbocycles. The Hall–Kier alpha value is -2.71. The molecule has 1 amide bonds. The molecule has 0 aliphatic carbocycles. The molecule has 3 rings (SSSR count). The van der Waals surface area contributed by atoms with Crippen molar-refractivity contribution in [2.75, 3.05) is 18.4 Å². The molecule has 1 saturated heterocycles. The summed E-state index contributed by atoms with van der Waals surface area (Å²) in [5, 5.41) is 2.99. The minimum Gasteiger partial charge on any atom is -0.359 e. The van der Waals surface area contributed by atoms with Crippen LogP contribution in [-0.4, -0.2) is 44.9 Å². The van der Waals surface area contributed by atoms with Crippen LogP contribution in [0, 0.1) is 0 Å². The van der Waals surface area contributed by atoms with Crippen molar-refractivity contribution in [1.29, 1.82) is 0 Å². The zero-order chi connectivity index (χ0) is 18.0. The maximum atomic E-state index is 12.6. The van der Waals surface area contributed by atoms with Crippen molar-refractivity contribution in [1.82, 2.24) is 19.9 Å². The number of anilines is 1. The number of pyridine rings is 1. The molecule has 0 radical (unpaired) electrons. The van der Waals surface area contributed by atoms with Gasteiger partial charge < -0.3 is 10.2 Å². The summed E-state index contributed by atoms with van der Waals surface area (Å²) in [4.78, 5) is 25.4. The van der Waals surface area contributed by atoms with Gasteiger partial charge in [-0.05, 0) is 25.5 Å². The van der Waals surface area contributed by atoms with E-state index in [2.05, 4.69) is 20.3 Å². The van der Waals surface area contributed by atoms with Gasteiger partial charge in [0, 0.05) is 30.9 Å². The number of nitrogens with zero attached hydrogens (tertiary/aromatic N) is 4. The Bertz CT molecular complexity index is 759. The van der Waals surface area contributed by atoms with E-state index in [4.69, 9.17) is 0 Å². The van der Waals surface area contributed by atoms with Crippen LogP contribution in [0.5, 0.6) is 0 Å². The molecule has 2 aromatic rings. The average molecular weight is 351 g/mol. The summed E-state index contributed by atoms with van der Waals surface area (Å²) in [6, 6.07) is 3.33. The maximum absolute atomic E-state index is 12.6. The minimum absolute atomic E-state index is 0.0115. The Balaban J connectivity index is 1.73. The quantitative estimate of drug-likeness (QED) is 0.917. The van der Waals surface area contributed by atoms with E-state index in [1.807, 2.05) is 0 Å². The first-order chi connectivity index (χ1) is 11.8. The Morgan fingerprint density at radius 3 is 2.56 bits per heavy atom. The molecule has 132 valence electrons. The molecule has 2 aromatic heterocycles. The summed E-state index contributed by atoms with van der Waals surface area (Å²) in [5.41, 5.74) is -0.111. The van der Waals surface area contributed by atoms with Crippen LogP contribution >= 0.6 is 0 Å². The second-order valence-corrected chi connectivity index (χ2v) is 5.76. The van der Waals surface area contributed by atoms with Crippen molar-refractivity contribution in [3.05, 3.63) is 36.4 Å². The lowest BCUT2D eigenvalue weighted by Crippen LogP contribution is -2.48. The number of hydrogen-bond donors (Lipinski definition) is 1. The molecule has 0 bridgehead atoms. The Kier molecular flexibility index (Phi) is 4.56. The molecule has 1 aliphatic heterocycles. The van der Waals surface area contributed by atoms with Crippen LogP contribution in [0.4, 0.5) is 19.0 Å². The number of halogens is 3. The van der Waals surface area contributed by atoms with E-state index in [0.29, 0.717) is 17.1 Å². The second-order valence-electron chi connectivity index (χ2n) is 5.76. The van der Waals surface area contributed by atoms with Crippen LogP contribution in [0.15, 0.2) is 30.7 Å². The largest absolute Gasteiger partial charge is 0.433 e. The number of hydrogen-bond acceptors (Lipinski definition) is 5. The topological polar surface area (TPSA) is 71.0 Å². The molecule has 1 aliphatic rings. The van der Waals surface area contributed by atoms with Gasteiger partial charge in [-0.1, -0.05) is 0 Å². The lowest BCUT2D eigenvalue weighted by atomic mass is 10.1. The van der Waals surface area contributed by atoms with Crippen LogP contribution in [0.1, 0.15) is 19.0 Å². The average Bonchev–Trinajstić information content (AvgIpc) is 2.53. The van der Waals surface area contributed by atoms with Gasteiger partial charge in [-0.3, -0.25) is 9.78 Å². The van der Waals surface area contributed by atoms with Gasteiger partial charge in [0.2, 0.25) is 5.91 Å². The molecule has 3 heterocycles. The van der Waals surface area contributed by atoms with Crippen molar-refractivity contribution in [2.24, 2.45) is 0 Å². The van der Waals surface area contributed by atoms with E-state index >= 15 is 0 Å². The fraction of sp³-hybridized carbons (Fsp3) is 0.375. The number of carbonyl (C=O) groups excluding carboxylic acids is 1. The van der Waals surface area contributed by atoms with E-state index in [1.165, 1.54) is 12.4 Å². The van der Waals surface area contributed by atoms with E-state index < -0.39 is 17.9 Å². The van der Waals surface area contributed by atoms with Gasteiger partial charge in [-0.25, -0.2) is 9.97 Å². The predicted octanol–water partition coefficient (Wildman–Crippen LogP) is 2.59. The molecule has 6 nitrogen and oxygen atoms in total. The minimum atomic E-state index is -4.48. The standard InChI is InChI=1S/C16H16F3N5O/c1-10(15(25)24-5-2-6-24)23-14-7-12(21-9-22-14)11-3-4-13(20-8-11)16(17,18)19/h3-4,7-10H,2,5-6H2,1H3,(H,21,22,23)/t10-/m1/s1. The van der Waals surface area contributed by atoms with Crippen molar-refractivity contribution < 1.29 is 18.0 Å². The Morgan fingerprint density at radius 1 is 1.24 bits per heavy atom. The second kappa shape index (κ2) is 6.66. The van der Waals surface area contributed by atoms with Crippen LogP contribution < -0.4 is 5.32 Å². The molecular formula is C16H16F3N5O. The highest BCUT2D eigenvalue weighted by atomic mass is 19.4. The third kappa shape index (κ3) is 3.86. The molecular weight excluding hydrogens is 335 g/mol. The fourth-order valence-corrected chi connectivity index (χ4v) is 2.40. The summed E-state index contributed by atoms with van der Waals surface area (Å²) in [7, 11) is 0. The molecule has 1 fully saturated rings. The first-order valence-electron chi connectivity index (χ1n) is 7.75. The number of rotatable bonds is 4. The summed E-state index contributed by atoms with van der Waals surface area (Å²) in [6.07, 6.45) is -1.07. The fourth-order valence-electron chi connectivity index (χ4n) is 2.40. The molecule has 25 heavy (non-hydrogen) atoms. The SMILES string of the molecule is C[C@@H](Nc1cc(-c2ccc(C(F)(F)F)nc2)ncn1)C(=O)N1CCC1. The van der Waals surface area contributed by atoms with Gasteiger partial charge >= 0.3 is 6.18 Å². The summed E-state index contributed by atoms with van der Waals surface area (Å²) >= 11 is 0. The first-order valence-corrected chi connectivity index (χ1v) is 7.75. The predicted molar refractivity (Wildman–Crippen MR) is 84.5 cm³/mol. The summed E-state index contributed by atoms with van der Waals surface area (Å²) in [5.74, 6) is 0.411. The summed E-state index contributed by atoms with van der Waals surface area (Å²) < 4.78 is 37.7. The zero-order valence-corrected chi connectivity index (χ0v) is 13.4. The van der Waals surface area contributed by atoms with Gasteiger partial charge in [0.1, 0.15) is 23.9 Å². The number of aromatic nitrogens is 3. The van der Waals surface area contributed by atoms with E-state index in [9.17, 15) is 18.0 Å². The maximum Gasteiger partial charge on any atom is 0.433 e. The molecule has 0 saturated carbocycles. The van der Waals surface area contributed by atoms with E-state index in [1.54, 1.807) is 17.9 Å². The van der Waals surface area contributed by atoms with E-state index in [0.717, 1.165) is 31.8 Å². The summed E-state index contributed by atoms with van der Waals surface area (Å²) in [6.45, 7) is 3.26. The number of nitrogens with one attached hydrogen (secondary N) is 1. The van der Waals surface area contributed by atoms with Gasteiger partial charge in [0.25, 0.3) is 0 Å². The zero-order valence-electron chi connectivity index (χ0n) is 13.4.